The number of amides is 1. The molecule has 1 amide bonds. The van der Waals surface area contributed by atoms with E-state index < -0.39 is 0 Å². The van der Waals surface area contributed by atoms with Gasteiger partial charge in [-0.3, -0.25) is 4.79 Å². The largest absolute Gasteiger partial charge is 0.479 e. The third-order valence-corrected chi connectivity index (χ3v) is 5.75. The first-order chi connectivity index (χ1) is 12.2. The summed E-state index contributed by atoms with van der Waals surface area (Å²) in [5, 5.41) is 3.79. The fraction of sp³-hybridized carbons (Fsp3) is 0.789. The number of hydrogen-bond donors (Lipinski definition) is 0. The lowest BCUT2D eigenvalue weighted by Gasteiger charge is -2.45. The van der Waals surface area contributed by atoms with E-state index >= 15 is 0 Å². The molecule has 0 N–H and O–H groups in total. The van der Waals surface area contributed by atoms with Crippen molar-refractivity contribution in [2.45, 2.75) is 57.9 Å². The van der Waals surface area contributed by atoms with Crippen molar-refractivity contribution < 1.29 is 14.1 Å². The van der Waals surface area contributed by atoms with Crippen molar-refractivity contribution in [2.24, 2.45) is 5.92 Å². The molecule has 0 aromatic carbocycles. The zero-order valence-electron chi connectivity index (χ0n) is 15.6. The Hall–Kier alpha value is -1.56. The molecule has 0 bridgehead atoms. The molecule has 2 aliphatic heterocycles. The van der Waals surface area contributed by atoms with E-state index in [9.17, 15) is 4.79 Å². The molecule has 1 aromatic rings. The van der Waals surface area contributed by atoms with Gasteiger partial charge in [-0.2, -0.15) is 0 Å². The van der Waals surface area contributed by atoms with E-state index in [1.54, 1.807) is 13.2 Å². The van der Waals surface area contributed by atoms with Crippen molar-refractivity contribution in [1.29, 1.82) is 0 Å². The highest BCUT2D eigenvalue weighted by Crippen LogP contribution is 2.31. The van der Waals surface area contributed by atoms with Gasteiger partial charge in [0.05, 0.1) is 7.11 Å². The molecule has 0 unspecified atom stereocenters. The molecule has 0 spiro atoms. The number of nitrogens with zero attached hydrogens (tertiary/aromatic N) is 3. The van der Waals surface area contributed by atoms with Gasteiger partial charge >= 0.3 is 0 Å². The highest BCUT2D eigenvalue weighted by Gasteiger charge is 2.34. The van der Waals surface area contributed by atoms with Crippen LogP contribution in [0.15, 0.2) is 10.6 Å². The summed E-state index contributed by atoms with van der Waals surface area (Å²) < 4.78 is 10.2. The molecular weight excluding hydrogens is 318 g/mol. The van der Waals surface area contributed by atoms with Gasteiger partial charge in [-0.05, 0) is 56.8 Å². The van der Waals surface area contributed by atoms with Crippen LogP contribution in [0.2, 0.25) is 0 Å². The molecule has 6 nitrogen and oxygen atoms in total. The molecule has 140 valence electrons. The van der Waals surface area contributed by atoms with Gasteiger partial charge in [0.25, 0.3) is 5.88 Å². The van der Waals surface area contributed by atoms with E-state index in [4.69, 9.17) is 9.26 Å². The Kier molecular flexibility index (Phi) is 6.34. The fourth-order valence-corrected chi connectivity index (χ4v) is 4.38. The van der Waals surface area contributed by atoms with Crippen molar-refractivity contribution in [2.75, 3.05) is 33.3 Å². The topological polar surface area (TPSA) is 58.8 Å². The Morgan fingerprint density at radius 3 is 2.96 bits per heavy atom. The third-order valence-electron chi connectivity index (χ3n) is 5.75. The zero-order valence-corrected chi connectivity index (χ0v) is 15.6. The Morgan fingerprint density at radius 2 is 2.20 bits per heavy atom. The van der Waals surface area contributed by atoms with Crippen molar-refractivity contribution >= 4 is 5.91 Å². The number of fused-ring (bicyclic) bond motifs is 1. The van der Waals surface area contributed by atoms with Crippen LogP contribution >= 0.6 is 0 Å². The van der Waals surface area contributed by atoms with Crippen molar-refractivity contribution in [3.8, 4) is 5.88 Å². The van der Waals surface area contributed by atoms with E-state index in [1.165, 1.54) is 45.2 Å². The summed E-state index contributed by atoms with van der Waals surface area (Å²) in [6, 6.07) is 2.44. The normalized spacial score (nSPS) is 23.9. The van der Waals surface area contributed by atoms with Gasteiger partial charge in [0.2, 0.25) is 5.91 Å². The van der Waals surface area contributed by atoms with Gasteiger partial charge in [0.1, 0.15) is 5.76 Å². The predicted octanol–water partition coefficient (Wildman–Crippen LogP) is 2.73. The summed E-state index contributed by atoms with van der Waals surface area (Å²) in [6.07, 6.45) is 7.54. The standard InChI is InChI=1S/C19H31N3O3/c1-3-21(19(23)10-9-16-13-18(24-2)20-25-16)14-15-7-6-12-22-11-5-4-8-17(15)22/h13,15,17H,3-12,14H2,1-2H3/t15-,17-/m0/s1. The molecule has 3 rings (SSSR count). The highest BCUT2D eigenvalue weighted by atomic mass is 16.5. The lowest BCUT2D eigenvalue weighted by atomic mass is 9.83. The molecule has 2 saturated heterocycles. The van der Waals surface area contributed by atoms with Crippen LogP contribution in [0.4, 0.5) is 0 Å². The second-order valence-electron chi connectivity index (χ2n) is 7.27. The monoisotopic (exact) mass is 349 g/mol. The van der Waals surface area contributed by atoms with Gasteiger partial charge in [-0.1, -0.05) is 6.42 Å². The maximum absolute atomic E-state index is 12.7. The van der Waals surface area contributed by atoms with E-state index in [2.05, 4.69) is 17.0 Å². The number of carbonyl (C=O) groups excluding carboxylic acids is 1. The van der Waals surface area contributed by atoms with Crippen LogP contribution in [0, 0.1) is 5.92 Å². The second-order valence-corrected chi connectivity index (χ2v) is 7.27. The van der Waals surface area contributed by atoms with Crippen LogP contribution in [0.25, 0.3) is 0 Å². The van der Waals surface area contributed by atoms with Gasteiger partial charge in [-0.25, -0.2) is 0 Å². The number of aromatic nitrogens is 1. The van der Waals surface area contributed by atoms with Crippen LogP contribution in [0.3, 0.4) is 0 Å². The molecule has 25 heavy (non-hydrogen) atoms. The minimum absolute atomic E-state index is 0.214. The molecular formula is C19H31N3O3. The van der Waals surface area contributed by atoms with Crippen LogP contribution < -0.4 is 4.74 Å². The fourth-order valence-electron chi connectivity index (χ4n) is 4.38. The summed E-state index contributed by atoms with van der Waals surface area (Å²) >= 11 is 0. The summed E-state index contributed by atoms with van der Waals surface area (Å²) in [5.74, 6) is 2.01. The van der Waals surface area contributed by atoms with Crippen LogP contribution in [0.5, 0.6) is 5.88 Å². The Labute approximate surface area is 150 Å². The molecule has 0 saturated carbocycles. The maximum Gasteiger partial charge on any atom is 0.254 e. The molecule has 1 aromatic heterocycles. The first-order valence-electron chi connectivity index (χ1n) is 9.72. The van der Waals surface area contributed by atoms with Gasteiger partial charge < -0.3 is 19.1 Å². The predicted molar refractivity (Wildman–Crippen MR) is 95.6 cm³/mol. The third kappa shape index (κ3) is 4.54. The number of methoxy groups -OCH3 is 1. The average Bonchev–Trinajstić information content (AvgIpc) is 3.12. The number of piperidine rings is 2. The van der Waals surface area contributed by atoms with Gasteiger partial charge in [0.15, 0.2) is 0 Å². The summed E-state index contributed by atoms with van der Waals surface area (Å²) in [4.78, 5) is 17.4. The quantitative estimate of drug-likeness (QED) is 0.757. The van der Waals surface area contributed by atoms with E-state index in [0.717, 1.165) is 13.1 Å². The van der Waals surface area contributed by atoms with E-state index in [1.807, 2.05) is 4.90 Å². The molecule has 0 radical (unpaired) electrons. The number of hydrogen-bond acceptors (Lipinski definition) is 5. The Morgan fingerprint density at radius 1 is 1.36 bits per heavy atom. The highest BCUT2D eigenvalue weighted by molar-refractivity contribution is 5.76. The first kappa shape index (κ1) is 18.2. The number of rotatable bonds is 7. The lowest BCUT2D eigenvalue weighted by Crippen LogP contribution is -2.51. The van der Waals surface area contributed by atoms with Crippen LogP contribution in [-0.2, 0) is 11.2 Å². The van der Waals surface area contributed by atoms with Crippen LogP contribution in [-0.4, -0.2) is 60.2 Å². The van der Waals surface area contributed by atoms with Crippen molar-refractivity contribution in [3.05, 3.63) is 11.8 Å². The van der Waals surface area contributed by atoms with Gasteiger partial charge in [-0.15, -0.1) is 0 Å². The minimum atomic E-state index is 0.214. The molecule has 2 aliphatic rings. The number of ether oxygens (including phenoxy) is 1. The molecule has 3 heterocycles. The minimum Gasteiger partial charge on any atom is -0.479 e. The Balaban J connectivity index is 1.52. The summed E-state index contributed by atoms with van der Waals surface area (Å²) in [6.45, 7) is 6.25. The number of aryl methyl sites for hydroxylation is 1. The average molecular weight is 349 g/mol. The SMILES string of the molecule is CCN(C[C@@H]1CCCN2CCCC[C@@H]12)C(=O)CCc1cc(OC)no1. The lowest BCUT2D eigenvalue weighted by molar-refractivity contribution is -0.132. The van der Waals surface area contributed by atoms with Crippen molar-refractivity contribution in [3.63, 3.8) is 0 Å². The molecule has 2 fully saturated rings. The molecule has 0 aliphatic carbocycles. The van der Waals surface area contributed by atoms with Crippen LogP contribution in [0.1, 0.15) is 51.2 Å². The summed E-state index contributed by atoms with van der Waals surface area (Å²) in [5.41, 5.74) is 0. The number of carbonyl (C=O) groups is 1. The van der Waals surface area contributed by atoms with E-state index in [-0.39, 0.29) is 5.91 Å². The smallest absolute Gasteiger partial charge is 0.254 e. The van der Waals surface area contributed by atoms with Crippen molar-refractivity contribution in [1.82, 2.24) is 15.0 Å². The molecule has 6 heteroatoms. The first-order valence-corrected chi connectivity index (χ1v) is 9.72. The van der Waals surface area contributed by atoms with E-state index in [0.29, 0.717) is 36.4 Å². The second kappa shape index (κ2) is 8.70. The van der Waals surface area contributed by atoms with Gasteiger partial charge in [0, 0.05) is 38.0 Å². The molecule has 2 atom stereocenters. The summed E-state index contributed by atoms with van der Waals surface area (Å²) in [7, 11) is 1.56. The zero-order chi connectivity index (χ0) is 17.6. The Bertz CT molecular complexity index is 558. The maximum atomic E-state index is 12.7.